The summed E-state index contributed by atoms with van der Waals surface area (Å²) in [6.07, 6.45) is 6.94. The summed E-state index contributed by atoms with van der Waals surface area (Å²) in [4.78, 5) is 34.4. The van der Waals surface area contributed by atoms with E-state index in [0.717, 1.165) is 12.8 Å². The molecule has 2 atom stereocenters. The lowest BCUT2D eigenvalue weighted by molar-refractivity contribution is -0.146. The Bertz CT molecular complexity index is 471. The SMILES string of the molecule is CC[C@H]1CCC[C@H](CC)C1COC(=O)CC1=CC(=O)NC1=O. The normalized spacial score (nSPS) is 25.8. The highest BCUT2D eigenvalue weighted by Crippen LogP contribution is 2.38. The molecule has 1 saturated carbocycles. The van der Waals surface area contributed by atoms with E-state index in [1.54, 1.807) is 0 Å². The van der Waals surface area contributed by atoms with Crippen molar-refractivity contribution in [2.24, 2.45) is 17.8 Å². The standard InChI is InChI=1S/C17H25NO4/c1-3-11-6-5-7-12(4-2)14(11)10-22-16(20)9-13-8-15(19)18-17(13)21/h8,11-12,14H,3-7,9-10H2,1-2H3,(H,18,19,21)/t11-,12-/m0/s1. The van der Waals surface area contributed by atoms with Crippen molar-refractivity contribution in [3.63, 3.8) is 0 Å². The number of hydrogen-bond acceptors (Lipinski definition) is 4. The van der Waals surface area contributed by atoms with Crippen molar-refractivity contribution in [3.8, 4) is 0 Å². The van der Waals surface area contributed by atoms with Crippen LogP contribution in [0.2, 0.25) is 0 Å². The summed E-state index contributed by atoms with van der Waals surface area (Å²) in [5.74, 6) is 0.269. The van der Waals surface area contributed by atoms with Crippen LogP contribution in [0.25, 0.3) is 0 Å². The quantitative estimate of drug-likeness (QED) is 0.604. The van der Waals surface area contributed by atoms with Gasteiger partial charge in [-0.15, -0.1) is 0 Å². The van der Waals surface area contributed by atoms with Gasteiger partial charge in [0.15, 0.2) is 0 Å². The molecular formula is C17H25NO4. The summed E-state index contributed by atoms with van der Waals surface area (Å²) in [7, 11) is 0. The van der Waals surface area contributed by atoms with Crippen LogP contribution in [-0.2, 0) is 19.1 Å². The van der Waals surface area contributed by atoms with Gasteiger partial charge in [-0.1, -0.05) is 46.0 Å². The zero-order chi connectivity index (χ0) is 16.1. The third-order valence-corrected chi connectivity index (χ3v) is 5.01. The maximum atomic E-state index is 11.9. The Balaban J connectivity index is 1.87. The van der Waals surface area contributed by atoms with E-state index in [0.29, 0.717) is 24.4 Å². The summed E-state index contributed by atoms with van der Waals surface area (Å²) in [6.45, 7) is 4.81. The molecule has 1 fully saturated rings. The first kappa shape index (κ1) is 16.7. The van der Waals surface area contributed by atoms with Gasteiger partial charge in [0.2, 0.25) is 0 Å². The Morgan fingerprint density at radius 1 is 1.23 bits per heavy atom. The van der Waals surface area contributed by atoms with Crippen molar-refractivity contribution in [1.82, 2.24) is 5.32 Å². The van der Waals surface area contributed by atoms with Crippen molar-refractivity contribution in [1.29, 1.82) is 0 Å². The van der Waals surface area contributed by atoms with Gasteiger partial charge in [-0.25, -0.2) is 0 Å². The molecule has 2 amide bonds. The number of amides is 2. The van der Waals surface area contributed by atoms with Gasteiger partial charge in [-0.3, -0.25) is 19.7 Å². The largest absolute Gasteiger partial charge is 0.465 e. The van der Waals surface area contributed by atoms with Crippen LogP contribution >= 0.6 is 0 Å². The number of esters is 1. The Morgan fingerprint density at radius 3 is 2.36 bits per heavy atom. The Hall–Kier alpha value is -1.65. The first-order valence-electron chi connectivity index (χ1n) is 8.26. The Labute approximate surface area is 131 Å². The van der Waals surface area contributed by atoms with Crippen molar-refractivity contribution in [2.45, 2.75) is 52.4 Å². The van der Waals surface area contributed by atoms with Gasteiger partial charge >= 0.3 is 5.97 Å². The van der Waals surface area contributed by atoms with E-state index >= 15 is 0 Å². The molecular weight excluding hydrogens is 282 g/mol. The highest BCUT2D eigenvalue weighted by Gasteiger charge is 2.32. The minimum atomic E-state index is -0.488. The molecule has 0 saturated heterocycles. The first-order chi connectivity index (χ1) is 10.5. The van der Waals surface area contributed by atoms with Crippen molar-refractivity contribution in [2.75, 3.05) is 6.61 Å². The Morgan fingerprint density at radius 2 is 1.86 bits per heavy atom. The molecule has 5 heteroatoms. The van der Waals surface area contributed by atoms with Crippen LogP contribution in [0.5, 0.6) is 0 Å². The molecule has 22 heavy (non-hydrogen) atoms. The third-order valence-electron chi connectivity index (χ3n) is 5.01. The number of rotatable bonds is 6. The van der Waals surface area contributed by atoms with Gasteiger partial charge in [0.25, 0.3) is 11.8 Å². The summed E-state index contributed by atoms with van der Waals surface area (Å²) in [5, 5.41) is 2.13. The van der Waals surface area contributed by atoms with Gasteiger partial charge in [0.05, 0.1) is 13.0 Å². The van der Waals surface area contributed by atoms with Crippen LogP contribution in [0, 0.1) is 17.8 Å². The first-order valence-corrected chi connectivity index (χ1v) is 8.26. The van der Waals surface area contributed by atoms with E-state index in [-0.39, 0.29) is 12.0 Å². The predicted molar refractivity (Wildman–Crippen MR) is 81.7 cm³/mol. The predicted octanol–water partition coefficient (Wildman–Crippen LogP) is 2.36. The summed E-state index contributed by atoms with van der Waals surface area (Å²) in [6, 6.07) is 0. The molecule has 0 aromatic carbocycles. The second-order valence-electron chi connectivity index (χ2n) is 6.28. The van der Waals surface area contributed by atoms with Gasteiger partial charge in [0, 0.05) is 11.6 Å². The molecule has 5 nitrogen and oxygen atoms in total. The lowest BCUT2D eigenvalue weighted by Crippen LogP contribution is -2.32. The summed E-state index contributed by atoms with van der Waals surface area (Å²) in [5.41, 5.74) is 0.192. The van der Waals surface area contributed by atoms with Gasteiger partial charge in [0.1, 0.15) is 0 Å². The molecule has 0 radical (unpaired) electrons. The monoisotopic (exact) mass is 307 g/mol. The third kappa shape index (κ3) is 3.96. The average Bonchev–Trinajstić information content (AvgIpc) is 2.82. The van der Waals surface area contributed by atoms with Crippen LogP contribution in [0.1, 0.15) is 52.4 Å². The van der Waals surface area contributed by atoms with Gasteiger partial charge < -0.3 is 4.74 Å². The highest BCUT2D eigenvalue weighted by molar-refractivity contribution is 6.17. The van der Waals surface area contributed by atoms with Crippen molar-refractivity contribution in [3.05, 3.63) is 11.6 Å². The fourth-order valence-corrected chi connectivity index (χ4v) is 3.72. The molecule has 0 spiro atoms. The molecule has 1 heterocycles. The highest BCUT2D eigenvalue weighted by atomic mass is 16.5. The summed E-state index contributed by atoms with van der Waals surface area (Å²) >= 11 is 0. The van der Waals surface area contributed by atoms with Gasteiger partial charge in [-0.2, -0.15) is 0 Å². The lowest BCUT2D eigenvalue weighted by atomic mass is 9.70. The maximum Gasteiger partial charge on any atom is 0.310 e. The second kappa shape index (κ2) is 7.56. The molecule has 0 aromatic rings. The zero-order valence-electron chi connectivity index (χ0n) is 13.4. The second-order valence-corrected chi connectivity index (χ2v) is 6.28. The maximum absolute atomic E-state index is 11.9. The number of carbonyl (C=O) groups is 3. The molecule has 122 valence electrons. The minimum Gasteiger partial charge on any atom is -0.465 e. The van der Waals surface area contributed by atoms with E-state index in [4.69, 9.17) is 4.74 Å². The average molecular weight is 307 g/mol. The molecule has 0 aromatic heterocycles. The fourth-order valence-electron chi connectivity index (χ4n) is 3.72. The molecule has 2 aliphatic rings. The number of hydrogen-bond donors (Lipinski definition) is 1. The molecule has 1 aliphatic heterocycles. The summed E-state index contributed by atoms with van der Waals surface area (Å²) < 4.78 is 5.42. The van der Waals surface area contributed by atoms with E-state index < -0.39 is 17.8 Å². The lowest BCUT2D eigenvalue weighted by Gasteiger charge is -2.37. The topological polar surface area (TPSA) is 72.5 Å². The number of carbonyl (C=O) groups excluding carboxylic acids is 3. The van der Waals surface area contributed by atoms with Crippen LogP contribution < -0.4 is 5.32 Å². The van der Waals surface area contributed by atoms with E-state index in [9.17, 15) is 14.4 Å². The number of imide groups is 1. The molecule has 2 rings (SSSR count). The van der Waals surface area contributed by atoms with Crippen LogP contribution in [-0.4, -0.2) is 24.4 Å². The fraction of sp³-hybridized carbons (Fsp3) is 0.706. The smallest absolute Gasteiger partial charge is 0.310 e. The van der Waals surface area contributed by atoms with Crippen LogP contribution in [0.4, 0.5) is 0 Å². The van der Waals surface area contributed by atoms with E-state index in [1.807, 2.05) is 0 Å². The number of ether oxygens (including phenoxy) is 1. The number of nitrogens with one attached hydrogen (secondary N) is 1. The Kier molecular flexibility index (Phi) is 5.75. The van der Waals surface area contributed by atoms with Crippen LogP contribution in [0.15, 0.2) is 11.6 Å². The molecule has 0 bridgehead atoms. The minimum absolute atomic E-state index is 0.127. The van der Waals surface area contributed by atoms with Crippen molar-refractivity contribution >= 4 is 17.8 Å². The molecule has 1 aliphatic carbocycles. The molecule has 1 N–H and O–H groups in total. The molecule has 0 unspecified atom stereocenters. The van der Waals surface area contributed by atoms with E-state index in [2.05, 4.69) is 19.2 Å². The zero-order valence-corrected chi connectivity index (χ0v) is 13.4. The van der Waals surface area contributed by atoms with Crippen molar-refractivity contribution < 1.29 is 19.1 Å². The van der Waals surface area contributed by atoms with E-state index in [1.165, 1.54) is 25.3 Å². The van der Waals surface area contributed by atoms with Gasteiger partial charge in [-0.05, 0) is 17.8 Å². The van der Waals surface area contributed by atoms with Crippen LogP contribution in [0.3, 0.4) is 0 Å².